The molecule has 1 heterocycles. The molecule has 5 nitrogen and oxygen atoms in total. The van der Waals surface area contributed by atoms with Crippen LogP contribution in [0.4, 0.5) is 5.69 Å². The average molecular weight is 231 g/mol. The van der Waals surface area contributed by atoms with E-state index in [0.29, 0.717) is 24.1 Å². The topological polar surface area (TPSA) is 76.0 Å². The molecule has 6 heteroatoms. The molecule has 1 aromatic rings. The molecular weight excluding hydrogens is 220 g/mol. The van der Waals surface area contributed by atoms with Crippen LogP contribution in [0.25, 0.3) is 0 Å². The fourth-order valence-corrected chi connectivity index (χ4v) is 1.88. The molecule has 0 fully saturated rings. The summed E-state index contributed by atoms with van der Waals surface area (Å²) in [6.45, 7) is 3.69. The Morgan fingerprint density at radius 3 is 2.40 bits per heavy atom. The van der Waals surface area contributed by atoms with Crippen LogP contribution in [0.15, 0.2) is 4.79 Å². The first kappa shape index (κ1) is 11.7. The summed E-state index contributed by atoms with van der Waals surface area (Å²) in [7, 11) is 0. The number of pyridine rings is 1. The Morgan fingerprint density at radius 2 is 2.00 bits per heavy atom. The van der Waals surface area contributed by atoms with E-state index in [4.69, 9.17) is 11.6 Å². The first-order chi connectivity index (χ1) is 7.02. The van der Waals surface area contributed by atoms with Crippen molar-refractivity contribution in [2.45, 2.75) is 26.7 Å². The lowest BCUT2D eigenvalue weighted by Gasteiger charge is -2.07. The third kappa shape index (κ3) is 2.02. The van der Waals surface area contributed by atoms with Gasteiger partial charge in [0.1, 0.15) is 5.02 Å². The zero-order valence-corrected chi connectivity index (χ0v) is 9.22. The summed E-state index contributed by atoms with van der Waals surface area (Å²) in [6, 6.07) is 0. The van der Waals surface area contributed by atoms with E-state index in [1.54, 1.807) is 0 Å². The second-order valence-corrected chi connectivity index (χ2v) is 3.42. The van der Waals surface area contributed by atoms with E-state index < -0.39 is 16.2 Å². The molecule has 0 amide bonds. The summed E-state index contributed by atoms with van der Waals surface area (Å²) in [6.07, 6.45) is 1.15. The highest BCUT2D eigenvalue weighted by molar-refractivity contribution is 6.33. The largest absolute Gasteiger partial charge is 0.352 e. The average Bonchev–Trinajstić information content (AvgIpc) is 2.16. The van der Waals surface area contributed by atoms with Crippen LogP contribution in [0.5, 0.6) is 0 Å². The fourth-order valence-electron chi connectivity index (χ4n) is 1.48. The molecule has 15 heavy (non-hydrogen) atoms. The predicted molar refractivity (Wildman–Crippen MR) is 57.5 cm³/mol. The second kappa shape index (κ2) is 4.44. The van der Waals surface area contributed by atoms with Crippen LogP contribution in [-0.2, 0) is 12.8 Å². The SMILES string of the molecule is CCc1[nH]c(=O)c([N+](=O)[O-])c(Cl)c1CC. The minimum Gasteiger partial charge on any atom is -0.320 e. The molecule has 1 rings (SSSR count). The van der Waals surface area contributed by atoms with Crippen molar-refractivity contribution >= 4 is 17.3 Å². The smallest absolute Gasteiger partial charge is 0.320 e. The highest BCUT2D eigenvalue weighted by atomic mass is 35.5. The zero-order chi connectivity index (χ0) is 11.6. The van der Waals surface area contributed by atoms with Crippen molar-refractivity contribution in [2.24, 2.45) is 0 Å². The Labute approximate surface area is 91.2 Å². The molecule has 0 bridgehead atoms. The fraction of sp³-hybridized carbons (Fsp3) is 0.444. The Balaban J connectivity index is 3.59. The second-order valence-electron chi connectivity index (χ2n) is 3.04. The molecule has 82 valence electrons. The predicted octanol–water partition coefficient (Wildman–Crippen LogP) is 2.06. The first-order valence-corrected chi connectivity index (χ1v) is 4.98. The third-order valence-electron chi connectivity index (χ3n) is 2.21. The van der Waals surface area contributed by atoms with Crippen LogP contribution in [-0.4, -0.2) is 9.91 Å². The Bertz CT molecular complexity index is 453. The summed E-state index contributed by atoms with van der Waals surface area (Å²) in [5, 5.41) is 10.6. The standard InChI is InChI=1S/C9H11ClN2O3/c1-3-5-6(4-2)11-9(13)8(7(5)10)12(14)15/h3-4H2,1-2H3,(H,11,13). The first-order valence-electron chi connectivity index (χ1n) is 4.60. The number of nitrogens with zero attached hydrogens (tertiary/aromatic N) is 1. The molecule has 0 aliphatic carbocycles. The molecule has 0 saturated carbocycles. The van der Waals surface area contributed by atoms with Gasteiger partial charge >= 0.3 is 11.2 Å². The van der Waals surface area contributed by atoms with E-state index in [-0.39, 0.29) is 5.02 Å². The van der Waals surface area contributed by atoms with Crippen molar-refractivity contribution in [3.63, 3.8) is 0 Å². The number of aromatic nitrogens is 1. The molecule has 1 aromatic heterocycles. The van der Waals surface area contributed by atoms with E-state index in [1.165, 1.54) is 0 Å². The van der Waals surface area contributed by atoms with Gasteiger partial charge in [-0.25, -0.2) is 0 Å². The summed E-state index contributed by atoms with van der Waals surface area (Å²) in [5.74, 6) is 0. The van der Waals surface area contributed by atoms with E-state index in [1.807, 2.05) is 13.8 Å². The lowest BCUT2D eigenvalue weighted by atomic mass is 10.1. The maximum Gasteiger partial charge on any atom is 0.352 e. The molecule has 0 saturated heterocycles. The van der Waals surface area contributed by atoms with Gasteiger partial charge in [0.2, 0.25) is 0 Å². The van der Waals surface area contributed by atoms with Crippen molar-refractivity contribution in [2.75, 3.05) is 0 Å². The Morgan fingerprint density at radius 1 is 1.40 bits per heavy atom. The Hall–Kier alpha value is -1.36. The third-order valence-corrected chi connectivity index (χ3v) is 2.61. The number of nitro groups is 1. The molecule has 0 aliphatic heterocycles. The number of H-pyrrole nitrogens is 1. The number of aromatic amines is 1. The molecule has 0 spiro atoms. The summed E-state index contributed by atoms with van der Waals surface area (Å²) < 4.78 is 0. The van der Waals surface area contributed by atoms with Gasteiger partial charge in [0.25, 0.3) is 0 Å². The van der Waals surface area contributed by atoms with Gasteiger partial charge in [0.05, 0.1) is 4.92 Å². The van der Waals surface area contributed by atoms with E-state index in [0.717, 1.165) is 0 Å². The lowest BCUT2D eigenvalue weighted by Crippen LogP contribution is -2.16. The lowest BCUT2D eigenvalue weighted by molar-refractivity contribution is -0.386. The summed E-state index contributed by atoms with van der Waals surface area (Å²) in [4.78, 5) is 23.7. The van der Waals surface area contributed by atoms with Crippen molar-refractivity contribution in [1.82, 2.24) is 4.98 Å². The van der Waals surface area contributed by atoms with Gasteiger partial charge in [-0.3, -0.25) is 14.9 Å². The van der Waals surface area contributed by atoms with Gasteiger partial charge < -0.3 is 4.98 Å². The van der Waals surface area contributed by atoms with E-state index in [2.05, 4.69) is 4.98 Å². The molecular formula is C9H11ClN2O3. The zero-order valence-electron chi connectivity index (χ0n) is 8.46. The quantitative estimate of drug-likeness (QED) is 0.638. The maximum atomic E-state index is 11.3. The molecule has 0 aliphatic rings. The van der Waals surface area contributed by atoms with Gasteiger partial charge in [-0.2, -0.15) is 0 Å². The van der Waals surface area contributed by atoms with E-state index >= 15 is 0 Å². The van der Waals surface area contributed by atoms with Crippen LogP contribution >= 0.6 is 11.6 Å². The van der Waals surface area contributed by atoms with Crippen LogP contribution in [0.2, 0.25) is 5.02 Å². The number of hydrogen-bond donors (Lipinski definition) is 1. The highest BCUT2D eigenvalue weighted by Gasteiger charge is 2.22. The van der Waals surface area contributed by atoms with Gasteiger partial charge in [-0.15, -0.1) is 0 Å². The van der Waals surface area contributed by atoms with Gasteiger partial charge in [-0.05, 0) is 18.4 Å². The molecule has 0 radical (unpaired) electrons. The van der Waals surface area contributed by atoms with Crippen LogP contribution in [0, 0.1) is 10.1 Å². The highest BCUT2D eigenvalue weighted by Crippen LogP contribution is 2.26. The molecule has 0 aromatic carbocycles. The number of aryl methyl sites for hydroxylation is 1. The minimum atomic E-state index is -0.750. The van der Waals surface area contributed by atoms with Crippen LogP contribution in [0.1, 0.15) is 25.1 Å². The number of halogens is 1. The van der Waals surface area contributed by atoms with Gasteiger partial charge in [0.15, 0.2) is 0 Å². The normalized spacial score (nSPS) is 10.3. The molecule has 1 N–H and O–H groups in total. The number of nitrogens with one attached hydrogen (secondary N) is 1. The number of rotatable bonds is 3. The Kier molecular flexibility index (Phi) is 3.47. The summed E-state index contributed by atoms with van der Waals surface area (Å²) in [5.41, 5.74) is 0.00772. The van der Waals surface area contributed by atoms with Crippen molar-refractivity contribution in [3.05, 3.63) is 36.7 Å². The van der Waals surface area contributed by atoms with E-state index in [9.17, 15) is 14.9 Å². The molecule has 0 atom stereocenters. The molecule has 0 unspecified atom stereocenters. The van der Waals surface area contributed by atoms with Crippen LogP contribution in [0.3, 0.4) is 0 Å². The monoisotopic (exact) mass is 230 g/mol. The minimum absolute atomic E-state index is 0.0388. The van der Waals surface area contributed by atoms with Crippen molar-refractivity contribution < 1.29 is 4.92 Å². The maximum absolute atomic E-state index is 11.3. The van der Waals surface area contributed by atoms with Gasteiger partial charge in [0, 0.05) is 5.69 Å². The summed E-state index contributed by atoms with van der Waals surface area (Å²) >= 11 is 5.83. The van der Waals surface area contributed by atoms with Crippen molar-refractivity contribution in [1.29, 1.82) is 0 Å². The number of hydrogen-bond acceptors (Lipinski definition) is 3. The van der Waals surface area contributed by atoms with Crippen molar-refractivity contribution in [3.8, 4) is 0 Å². The van der Waals surface area contributed by atoms with Crippen LogP contribution < -0.4 is 5.56 Å². The van der Waals surface area contributed by atoms with Gasteiger partial charge in [-0.1, -0.05) is 25.4 Å².